The lowest BCUT2D eigenvalue weighted by Crippen LogP contribution is -2.29. The molecule has 1 aromatic rings. The van der Waals surface area contributed by atoms with E-state index >= 15 is 0 Å². The first-order valence-corrected chi connectivity index (χ1v) is 7.02. The second-order valence-electron chi connectivity index (χ2n) is 5.11. The van der Waals surface area contributed by atoms with Crippen LogP contribution in [0.4, 0.5) is 0 Å². The summed E-state index contributed by atoms with van der Waals surface area (Å²) >= 11 is 0. The standard InChI is InChI=1S/C16H24O5/c1-6-21-16(18)14(10(2)3)15(17)11-7-12(19-4)9-13(8-11)20-5/h7-10,14-15,17H,6H2,1-5H3. The van der Waals surface area contributed by atoms with Crippen LogP contribution in [-0.4, -0.2) is 31.9 Å². The van der Waals surface area contributed by atoms with Crippen LogP contribution < -0.4 is 9.47 Å². The molecule has 21 heavy (non-hydrogen) atoms. The number of ether oxygens (including phenoxy) is 3. The molecule has 2 unspecified atom stereocenters. The smallest absolute Gasteiger partial charge is 0.312 e. The molecule has 0 amide bonds. The Kier molecular flexibility index (Phi) is 6.49. The second kappa shape index (κ2) is 7.88. The zero-order valence-corrected chi connectivity index (χ0v) is 13.3. The van der Waals surface area contributed by atoms with Crippen LogP contribution in [0.25, 0.3) is 0 Å². The Bertz CT molecular complexity index is 447. The summed E-state index contributed by atoms with van der Waals surface area (Å²) in [5, 5.41) is 10.6. The first kappa shape index (κ1) is 17.3. The van der Waals surface area contributed by atoms with Crippen molar-refractivity contribution in [2.45, 2.75) is 26.9 Å². The van der Waals surface area contributed by atoms with E-state index in [4.69, 9.17) is 14.2 Å². The number of esters is 1. The molecule has 0 fully saturated rings. The Hall–Kier alpha value is -1.75. The summed E-state index contributed by atoms with van der Waals surface area (Å²) in [6, 6.07) is 5.11. The van der Waals surface area contributed by atoms with Gasteiger partial charge in [-0.2, -0.15) is 0 Å². The van der Waals surface area contributed by atoms with Crippen molar-refractivity contribution in [1.29, 1.82) is 0 Å². The summed E-state index contributed by atoms with van der Waals surface area (Å²) in [6.07, 6.45) is -0.979. The Balaban J connectivity index is 3.13. The third-order valence-corrected chi connectivity index (χ3v) is 3.33. The number of hydrogen-bond acceptors (Lipinski definition) is 5. The van der Waals surface area contributed by atoms with Crippen LogP contribution in [0.2, 0.25) is 0 Å². The molecule has 5 nitrogen and oxygen atoms in total. The molecular formula is C16H24O5. The van der Waals surface area contributed by atoms with Gasteiger partial charge in [0.2, 0.25) is 0 Å². The molecule has 0 heterocycles. The van der Waals surface area contributed by atoms with Gasteiger partial charge in [0.05, 0.1) is 32.8 Å². The lowest BCUT2D eigenvalue weighted by molar-refractivity contribution is -0.154. The molecule has 0 radical (unpaired) electrons. The van der Waals surface area contributed by atoms with E-state index in [1.165, 1.54) is 14.2 Å². The molecular weight excluding hydrogens is 272 g/mol. The van der Waals surface area contributed by atoms with E-state index in [1.54, 1.807) is 25.1 Å². The molecule has 1 N–H and O–H groups in total. The van der Waals surface area contributed by atoms with E-state index in [0.29, 0.717) is 17.1 Å². The largest absolute Gasteiger partial charge is 0.497 e. The number of benzene rings is 1. The van der Waals surface area contributed by atoms with Gasteiger partial charge in [0.1, 0.15) is 11.5 Å². The molecule has 0 aromatic heterocycles. The molecule has 0 bridgehead atoms. The number of hydrogen-bond donors (Lipinski definition) is 1. The van der Waals surface area contributed by atoms with E-state index in [-0.39, 0.29) is 12.5 Å². The Morgan fingerprint density at radius 2 is 1.67 bits per heavy atom. The summed E-state index contributed by atoms with van der Waals surface area (Å²) in [5.74, 6) is 0.0318. The molecule has 0 aliphatic carbocycles. The van der Waals surface area contributed by atoms with Crippen molar-refractivity contribution in [1.82, 2.24) is 0 Å². The van der Waals surface area contributed by atoms with Gasteiger partial charge in [-0.3, -0.25) is 4.79 Å². The van der Waals surface area contributed by atoms with Gasteiger partial charge in [-0.25, -0.2) is 0 Å². The SMILES string of the molecule is CCOC(=O)C(C(C)C)C(O)c1cc(OC)cc(OC)c1. The van der Waals surface area contributed by atoms with Gasteiger partial charge in [-0.05, 0) is 30.5 Å². The van der Waals surface area contributed by atoms with E-state index < -0.39 is 18.0 Å². The fourth-order valence-corrected chi connectivity index (χ4v) is 2.21. The van der Waals surface area contributed by atoms with Gasteiger partial charge in [0.15, 0.2) is 0 Å². The topological polar surface area (TPSA) is 65.0 Å². The van der Waals surface area contributed by atoms with Crippen molar-refractivity contribution < 1.29 is 24.1 Å². The van der Waals surface area contributed by atoms with Crippen LogP contribution in [-0.2, 0) is 9.53 Å². The zero-order valence-electron chi connectivity index (χ0n) is 13.3. The first-order chi connectivity index (χ1) is 9.94. The molecule has 5 heteroatoms. The number of methoxy groups -OCH3 is 2. The average molecular weight is 296 g/mol. The highest BCUT2D eigenvalue weighted by Gasteiger charge is 2.32. The molecule has 2 atom stereocenters. The summed E-state index contributed by atoms with van der Waals surface area (Å²) in [4.78, 5) is 12.1. The van der Waals surface area contributed by atoms with Crippen molar-refractivity contribution in [3.05, 3.63) is 23.8 Å². The van der Waals surface area contributed by atoms with Gasteiger partial charge in [0, 0.05) is 6.07 Å². The third kappa shape index (κ3) is 4.36. The lowest BCUT2D eigenvalue weighted by Gasteiger charge is -2.25. The Labute approximate surface area is 125 Å². The van der Waals surface area contributed by atoms with Crippen LogP contribution in [0, 0.1) is 11.8 Å². The predicted molar refractivity (Wildman–Crippen MR) is 79.5 cm³/mol. The number of carbonyl (C=O) groups excluding carboxylic acids is 1. The molecule has 0 saturated heterocycles. The minimum Gasteiger partial charge on any atom is -0.497 e. The molecule has 1 rings (SSSR count). The monoisotopic (exact) mass is 296 g/mol. The minimum atomic E-state index is -0.979. The summed E-state index contributed by atoms with van der Waals surface area (Å²) in [5.41, 5.74) is 0.568. The van der Waals surface area contributed by atoms with Crippen LogP contribution in [0.15, 0.2) is 18.2 Å². The molecule has 0 spiro atoms. The van der Waals surface area contributed by atoms with Gasteiger partial charge in [-0.1, -0.05) is 13.8 Å². The normalized spacial score (nSPS) is 13.7. The van der Waals surface area contributed by atoms with E-state index in [2.05, 4.69) is 0 Å². The Morgan fingerprint density at radius 3 is 2.05 bits per heavy atom. The number of aliphatic hydroxyl groups is 1. The van der Waals surface area contributed by atoms with Crippen LogP contribution in [0.1, 0.15) is 32.4 Å². The van der Waals surface area contributed by atoms with Crippen molar-refractivity contribution in [3.8, 4) is 11.5 Å². The molecule has 0 aliphatic heterocycles. The van der Waals surface area contributed by atoms with E-state index in [9.17, 15) is 9.90 Å². The number of carbonyl (C=O) groups is 1. The van der Waals surface area contributed by atoms with Gasteiger partial charge in [0.25, 0.3) is 0 Å². The molecule has 0 aliphatic rings. The average Bonchev–Trinajstić information content (AvgIpc) is 2.46. The van der Waals surface area contributed by atoms with Crippen molar-refractivity contribution in [3.63, 3.8) is 0 Å². The minimum absolute atomic E-state index is 0.0590. The van der Waals surface area contributed by atoms with Gasteiger partial charge in [-0.15, -0.1) is 0 Å². The van der Waals surface area contributed by atoms with E-state index in [0.717, 1.165) is 0 Å². The van der Waals surface area contributed by atoms with Gasteiger partial charge >= 0.3 is 5.97 Å². The fraction of sp³-hybridized carbons (Fsp3) is 0.562. The maximum absolute atomic E-state index is 12.1. The fourth-order valence-electron chi connectivity index (χ4n) is 2.21. The van der Waals surface area contributed by atoms with Gasteiger partial charge < -0.3 is 19.3 Å². The highest BCUT2D eigenvalue weighted by atomic mass is 16.5. The summed E-state index contributed by atoms with van der Waals surface area (Å²) < 4.78 is 15.4. The highest BCUT2D eigenvalue weighted by molar-refractivity contribution is 5.73. The first-order valence-electron chi connectivity index (χ1n) is 7.02. The third-order valence-electron chi connectivity index (χ3n) is 3.33. The highest BCUT2D eigenvalue weighted by Crippen LogP contribution is 2.33. The molecule has 1 aromatic carbocycles. The van der Waals surface area contributed by atoms with Crippen LogP contribution >= 0.6 is 0 Å². The molecule has 118 valence electrons. The zero-order chi connectivity index (χ0) is 16.0. The van der Waals surface area contributed by atoms with Crippen molar-refractivity contribution >= 4 is 5.97 Å². The van der Waals surface area contributed by atoms with Crippen LogP contribution in [0.3, 0.4) is 0 Å². The summed E-state index contributed by atoms with van der Waals surface area (Å²) in [7, 11) is 3.08. The van der Waals surface area contributed by atoms with Crippen molar-refractivity contribution in [2.75, 3.05) is 20.8 Å². The quantitative estimate of drug-likeness (QED) is 0.783. The Morgan fingerprint density at radius 1 is 1.14 bits per heavy atom. The van der Waals surface area contributed by atoms with Crippen molar-refractivity contribution in [2.24, 2.45) is 11.8 Å². The second-order valence-corrected chi connectivity index (χ2v) is 5.11. The van der Waals surface area contributed by atoms with Crippen LogP contribution in [0.5, 0.6) is 11.5 Å². The summed E-state index contributed by atoms with van der Waals surface area (Å²) in [6.45, 7) is 5.79. The number of rotatable bonds is 7. The lowest BCUT2D eigenvalue weighted by atomic mass is 9.86. The molecule has 0 saturated carbocycles. The van der Waals surface area contributed by atoms with E-state index in [1.807, 2.05) is 13.8 Å². The maximum Gasteiger partial charge on any atom is 0.312 e. The number of aliphatic hydroxyl groups excluding tert-OH is 1. The predicted octanol–water partition coefficient (Wildman–Crippen LogP) is 2.57. The maximum atomic E-state index is 12.1.